The third kappa shape index (κ3) is 4.70. The minimum Gasteiger partial charge on any atom is -0.371 e. The second kappa shape index (κ2) is 7.79. The van der Waals surface area contributed by atoms with Crippen LogP contribution in [0, 0.1) is 6.92 Å². The van der Waals surface area contributed by atoms with Gasteiger partial charge in [0.2, 0.25) is 0 Å². The topological polar surface area (TPSA) is 28.2 Å². The van der Waals surface area contributed by atoms with E-state index < -0.39 is 0 Å². The molecule has 1 heterocycles. The minimum atomic E-state index is 0.502. The second-order valence-corrected chi connectivity index (χ2v) is 6.75. The van der Waals surface area contributed by atoms with Crippen LogP contribution in [0.4, 0.5) is 5.69 Å². The molecule has 21 heavy (non-hydrogen) atoms. The molecule has 0 bridgehead atoms. The van der Waals surface area contributed by atoms with Gasteiger partial charge in [0.25, 0.3) is 0 Å². The van der Waals surface area contributed by atoms with Crippen LogP contribution in [0.2, 0.25) is 0 Å². The Hall–Kier alpha value is -1.09. The van der Waals surface area contributed by atoms with Crippen molar-refractivity contribution >= 4 is 5.69 Å². The molecule has 1 aliphatic rings. The molecule has 118 valence electrons. The molecule has 0 aromatic carbocycles. The summed E-state index contributed by atoms with van der Waals surface area (Å²) in [5.41, 5.74) is 3.79. The van der Waals surface area contributed by atoms with Gasteiger partial charge in [-0.2, -0.15) is 0 Å². The van der Waals surface area contributed by atoms with Gasteiger partial charge in [0.05, 0.1) is 0 Å². The first-order valence-electron chi connectivity index (χ1n) is 8.49. The number of hydrogen-bond acceptors (Lipinski definition) is 3. The summed E-state index contributed by atoms with van der Waals surface area (Å²) in [6.07, 6.45) is 10.3. The Morgan fingerprint density at radius 2 is 1.90 bits per heavy atom. The maximum atomic E-state index is 4.50. The zero-order valence-electron chi connectivity index (χ0n) is 14.2. The van der Waals surface area contributed by atoms with E-state index in [1.165, 1.54) is 49.8 Å². The molecule has 1 saturated carbocycles. The van der Waals surface area contributed by atoms with E-state index >= 15 is 0 Å². The van der Waals surface area contributed by atoms with Crippen LogP contribution in [0.3, 0.4) is 0 Å². The molecule has 0 spiro atoms. The van der Waals surface area contributed by atoms with Crippen LogP contribution in [0.1, 0.15) is 63.6 Å². The van der Waals surface area contributed by atoms with Crippen LogP contribution in [-0.4, -0.2) is 24.1 Å². The zero-order valence-corrected chi connectivity index (χ0v) is 14.2. The molecule has 0 saturated heterocycles. The highest BCUT2D eigenvalue weighted by Gasteiger charge is 2.19. The Morgan fingerprint density at radius 3 is 2.52 bits per heavy atom. The molecule has 3 nitrogen and oxygen atoms in total. The maximum absolute atomic E-state index is 4.50. The van der Waals surface area contributed by atoms with Gasteiger partial charge in [-0.1, -0.05) is 39.5 Å². The average Bonchev–Trinajstić information content (AvgIpc) is 2.74. The second-order valence-electron chi connectivity index (χ2n) is 6.75. The molecule has 2 rings (SSSR count). The Morgan fingerprint density at radius 1 is 1.24 bits per heavy atom. The first kappa shape index (κ1) is 16.3. The first-order chi connectivity index (χ1) is 10.1. The number of nitrogens with one attached hydrogen (secondary N) is 1. The predicted molar refractivity (Wildman–Crippen MR) is 90.8 cm³/mol. The fourth-order valence-corrected chi connectivity index (χ4v) is 3.19. The first-order valence-corrected chi connectivity index (χ1v) is 8.49. The molecule has 1 aliphatic carbocycles. The molecule has 0 aliphatic heterocycles. The lowest BCUT2D eigenvalue weighted by Gasteiger charge is -2.31. The number of aryl methyl sites for hydroxylation is 1. The lowest BCUT2D eigenvalue weighted by molar-refractivity contribution is 0.546. The van der Waals surface area contributed by atoms with E-state index in [-0.39, 0.29) is 0 Å². The molecule has 0 atom stereocenters. The highest BCUT2D eigenvalue weighted by atomic mass is 15.1. The van der Waals surface area contributed by atoms with Gasteiger partial charge in [0.1, 0.15) is 0 Å². The number of nitrogens with zero attached hydrogens (tertiary/aromatic N) is 2. The highest BCUT2D eigenvalue weighted by Crippen LogP contribution is 2.28. The molecule has 0 unspecified atom stereocenters. The Labute approximate surface area is 130 Å². The normalized spacial score (nSPS) is 17.0. The van der Waals surface area contributed by atoms with Crippen LogP contribution < -0.4 is 10.2 Å². The van der Waals surface area contributed by atoms with Gasteiger partial charge in [-0.15, -0.1) is 0 Å². The van der Waals surface area contributed by atoms with Crippen molar-refractivity contribution in [1.29, 1.82) is 0 Å². The summed E-state index contributed by atoms with van der Waals surface area (Å²) < 4.78 is 0. The summed E-state index contributed by atoms with van der Waals surface area (Å²) in [5.74, 6) is 0. The summed E-state index contributed by atoms with van der Waals surface area (Å²) in [6.45, 7) is 7.37. The van der Waals surface area contributed by atoms with Gasteiger partial charge in [-0.05, 0) is 25.8 Å². The standard InChI is InChI=1S/C18H31N3/c1-14(2)19-12-16-13-20-15(3)11-18(16)21(4)17-9-7-5-6-8-10-17/h11,13-14,17,19H,5-10,12H2,1-4H3. The van der Waals surface area contributed by atoms with E-state index in [4.69, 9.17) is 0 Å². The third-order valence-corrected chi connectivity index (χ3v) is 4.55. The van der Waals surface area contributed by atoms with Gasteiger partial charge in [0, 0.05) is 48.8 Å². The van der Waals surface area contributed by atoms with E-state index in [1.807, 2.05) is 6.20 Å². The zero-order chi connectivity index (χ0) is 15.2. The molecular weight excluding hydrogens is 258 g/mol. The van der Waals surface area contributed by atoms with Crippen LogP contribution in [0.15, 0.2) is 12.3 Å². The molecule has 1 aromatic rings. The smallest absolute Gasteiger partial charge is 0.0445 e. The largest absolute Gasteiger partial charge is 0.371 e. The average molecular weight is 289 g/mol. The van der Waals surface area contributed by atoms with Crippen LogP contribution in [0.25, 0.3) is 0 Å². The lowest BCUT2D eigenvalue weighted by atomic mass is 10.1. The quantitative estimate of drug-likeness (QED) is 0.829. The summed E-state index contributed by atoms with van der Waals surface area (Å²) in [4.78, 5) is 7.01. The number of rotatable bonds is 5. The van der Waals surface area contributed by atoms with Crippen molar-refractivity contribution in [1.82, 2.24) is 10.3 Å². The molecule has 1 fully saturated rings. The maximum Gasteiger partial charge on any atom is 0.0445 e. The summed E-state index contributed by atoms with van der Waals surface area (Å²) >= 11 is 0. The van der Waals surface area contributed by atoms with Gasteiger partial charge >= 0.3 is 0 Å². The SMILES string of the molecule is Cc1cc(N(C)C2CCCCCC2)c(CNC(C)C)cn1. The van der Waals surface area contributed by atoms with Crippen LogP contribution in [0.5, 0.6) is 0 Å². The predicted octanol–water partition coefficient (Wildman–Crippen LogP) is 4.05. The number of aromatic nitrogens is 1. The number of pyridine rings is 1. The molecular formula is C18H31N3. The Bertz CT molecular complexity index is 434. The van der Waals surface area contributed by atoms with E-state index in [0.717, 1.165) is 12.2 Å². The summed E-state index contributed by atoms with van der Waals surface area (Å²) in [7, 11) is 2.27. The minimum absolute atomic E-state index is 0.502. The third-order valence-electron chi connectivity index (χ3n) is 4.55. The van der Waals surface area contributed by atoms with Crippen molar-refractivity contribution in [3.8, 4) is 0 Å². The number of anilines is 1. The Balaban J connectivity index is 2.16. The van der Waals surface area contributed by atoms with Crippen molar-refractivity contribution in [2.75, 3.05) is 11.9 Å². The van der Waals surface area contributed by atoms with Gasteiger partial charge in [-0.25, -0.2) is 0 Å². The lowest BCUT2D eigenvalue weighted by Crippen LogP contribution is -2.33. The summed E-state index contributed by atoms with van der Waals surface area (Å²) in [5, 5.41) is 3.53. The number of hydrogen-bond donors (Lipinski definition) is 1. The monoisotopic (exact) mass is 289 g/mol. The van der Waals surface area contributed by atoms with Crippen molar-refractivity contribution in [3.63, 3.8) is 0 Å². The summed E-state index contributed by atoms with van der Waals surface area (Å²) in [6, 6.07) is 3.44. The fourth-order valence-electron chi connectivity index (χ4n) is 3.19. The van der Waals surface area contributed by atoms with E-state index in [0.29, 0.717) is 12.1 Å². The van der Waals surface area contributed by atoms with Crippen molar-refractivity contribution in [3.05, 3.63) is 23.5 Å². The van der Waals surface area contributed by atoms with E-state index in [9.17, 15) is 0 Å². The molecule has 0 radical (unpaired) electrons. The van der Waals surface area contributed by atoms with E-state index in [2.05, 4.69) is 49.1 Å². The molecule has 0 amide bonds. The van der Waals surface area contributed by atoms with Gasteiger partial charge in [-0.3, -0.25) is 4.98 Å². The van der Waals surface area contributed by atoms with Crippen LogP contribution >= 0.6 is 0 Å². The highest BCUT2D eigenvalue weighted by molar-refractivity contribution is 5.54. The van der Waals surface area contributed by atoms with Crippen LogP contribution in [-0.2, 0) is 6.54 Å². The van der Waals surface area contributed by atoms with Gasteiger partial charge < -0.3 is 10.2 Å². The van der Waals surface area contributed by atoms with E-state index in [1.54, 1.807) is 0 Å². The Kier molecular flexibility index (Phi) is 6.04. The molecule has 3 heteroatoms. The van der Waals surface area contributed by atoms with Gasteiger partial charge in [0.15, 0.2) is 0 Å². The fraction of sp³-hybridized carbons (Fsp3) is 0.722. The van der Waals surface area contributed by atoms with Crippen molar-refractivity contribution in [2.45, 2.75) is 77.9 Å². The molecule has 1 aromatic heterocycles. The molecule has 1 N–H and O–H groups in total. The van der Waals surface area contributed by atoms with Crippen molar-refractivity contribution in [2.24, 2.45) is 0 Å². The van der Waals surface area contributed by atoms with Crippen molar-refractivity contribution < 1.29 is 0 Å².